The van der Waals surface area contributed by atoms with Crippen LogP contribution in [0, 0.1) is 11.3 Å². The van der Waals surface area contributed by atoms with E-state index in [2.05, 4.69) is 0 Å². The average Bonchev–Trinajstić information content (AvgIpc) is 2.19. The molecule has 0 heterocycles. The van der Waals surface area contributed by atoms with Crippen LogP contribution in [0.5, 0.6) is 0 Å². The molecule has 0 fully saturated rings. The molecule has 1 amide bonds. The van der Waals surface area contributed by atoms with E-state index in [4.69, 9.17) is 5.26 Å². The Bertz CT molecular complexity index is 246. The predicted octanol–water partition coefficient (Wildman–Crippen LogP) is 0.270. The summed E-state index contributed by atoms with van der Waals surface area (Å²) in [6, 6.07) is 1.81. The first-order valence-corrected chi connectivity index (χ1v) is 5.55. The van der Waals surface area contributed by atoms with Crippen molar-refractivity contribution in [2.24, 2.45) is 0 Å². The number of carbonyl (C=O) groups is 1. The van der Waals surface area contributed by atoms with E-state index in [1.54, 1.807) is 4.90 Å². The number of nitriles is 1. The van der Waals surface area contributed by atoms with Crippen molar-refractivity contribution < 1.29 is 15.0 Å². The summed E-state index contributed by atoms with van der Waals surface area (Å²) in [6.07, 6.45) is -1.68. The maximum atomic E-state index is 11.6. The van der Waals surface area contributed by atoms with Gasteiger partial charge in [-0.2, -0.15) is 5.26 Å². The van der Waals surface area contributed by atoms with E-state index in [0.717, 1.165) is 0 Å². The standard InChI is InChI=1S/C11H20N2O3/c1-3-13(4-2)11(16)8-10(15)7-9(14)5-6-12/h9-10,14-15H,3-5,7-8H2,1-2H3/t9-,10-/m1/s1. The molecule has 5 nitrogen and oxygen atoms in total. The molecule has 5 heteroatoms. The van der Waals surface area contributed by atoms with Crippen molar-refractivity contribution >= 4 is 5.91 Å². The fraction of sp³-hybridized carbons (Fsp3) is 0.818. The fourth-order valence-corrected chi connectivity index (χ4v) is 1.49. The van der Waals surface area contributed by atoms with Crippen LogP contribution in [0.1, 0.15) is 33.1 Å². The zero-order valence-corrected chi connectivity index (χ0v) is 9.89. The van der Waals surface area contributed by atoms with Gasteiger partial charge in [-0.15, -0.1) is 0 Å². The number of aliphatic hydroxyl groups is 2. The van der Waals surface area contributed by atoms with Crippen LogP contribution in [0.3, 0.4) is 0 Å². The molecule has 0 rings (SSSR count). The quantitative estimate of drug-likeness (QED) is 0.655. The maximum absolute atomic E-state index is 11.6. The minimum absolute atomic E-state index is 0.00414. The van der Waals surface area contributed by atoms with Gasteiger partial charge >= 0.3 is 0 Å². The first-order valence-electron chi connectivity index (χ1n) is 5.55. The van der Waals surface area contributed by atoms with E-state index in [1.807, 2.05) is 19.9 Å². The van der Waals surface area contributed by atoms with Gasteiger partial charge in [-0.25, -0.2) is 0 Å². The normalized spacial score (nSPS) is 13.9. The van der Waals surface area contributed by atoms with Crippen LogP contribution < -0.4 is 0 Å². The molecule has 0 bridgehead atoms. The summed E-state index contributed by atoms with van der Waals surface area (Å²) < 4.78 is 0. The largest absolute Gasteiger partial charge is 0.392 e. The molecule has 0 aromatic heterocycles. The SMILES string of the molecule is CCN(CC)C(=O)C[C@H](O)C[C@H](O)CC#N. The average molecular weight is 228 g/mol. The highest BCUT2D eigenvalue weighted by atomic mass is 16.3. The molecule has 0 aromatic rings. The molecule has 0 aromatic carbocycles. The molecule has 16 heavy (non-hydrogen) atoms. The van der Waals surface area contributed by atoms with Crippen LogP contribution in [-0.2, 0) is 4.79 Å². The van der Waals surface area contributed by atoms with E-state index in [-0.39, 0.29) is 25.2 Å². The number of aliphatic hydroxyl groups excluding tert-OH is 2. The van der Waals surface area contributed by atoms with Gasteiger partial charge in [0, 0.05) is 19.5 Å². The maximum Gasteiger partial charge on any atom is 0.225 e. The Morgan fingerprint density at radius 3 is 2.31 bits per heavy atom. The molecule has 92 valence electrons. The van der Waals surface area contributed by atoms with Gasteiger partial charge in [-0.05, 0) is 13.8 Å². The summed E-state index contributed by atoms with van der Waals surface area (Å²) >= 11 is 0. The fourth-order valence-electron chi connectivity index (χ4n) is 1.49. The van der Waals surface area contributed by atoms with Gasteiger partial charge in [-0.1, -0.05) is 0 Å². The number of nitrogens with zero attached hydrogens (tertiary/aromatic N) is 2. The first kappa shape index (κ1) is 14.9. The van der Waals surface area contributed by atoms with E-state index >= 15 is 0 Å². The van der Waals surface area contributed by atoms with Gasteiger partial charge in [0.2, 0.25) is 5.91 Å². The molecule has 0 radical (unpaired) electrons. The lowest BCUT2D eigenvalue weighted by Gasteiger charge is -2.21. The van der Waals surface area contributed by atoms with Crippen LogP contribution in [0.2, 0.25) is 0 Å². The Kier molecular flexibility index (Phi) is 7.52. The number of rotatable bonds is 7. The summed E-state index contributed by atoms with van der Waals surface area (Å²) in [6.45, 7) is 4.97. The third-order valence-electron chi connectivity index (χ3n) is 2.40. The Morgan fingerprint density at radius 1 is 1.31 bits per heavy atom. The van der Waals surface area contributed by atoms with Crippen LogP contribution in [0.25, 0.3) is 0 Å². The molecule has 0 aliphatic rings. The van der Waals surface area contributed by atoms with E-state index in [9.17, 15) is 15.0 Å². The Labute approximate surface area is 96.3 Å². The summed E-state index contributed by atoms with van der Waals surface area (Å²) in [7, 11) is 0. The highest BCUT2D eigenvalue weighted by Crippen LogP contribution is 2.07. The van der Waals surface area contributed by atoms with Gasteiger partial charge in [0.15, 0.2) is 0 Å². The van der Waals surface area contributed by atoms with E-state index in [1.165, 1.54) is 0 Å². The Balaban J connectivity index is 3.99. The molecular formula is C11H20N2O3. The topological polar surface area (TPSA) is 84.6 Å². The van der Waals surface area contributed by atoms with Gasteiger partial charge in [0.25, 0.3) is 0 Å². The van der Waals surface area contributed by atoms with Crippen LogP contribution in [0.15, 0.2) is 0 Å². The molecule has 0 saturated carbocycles. The van der Waals surface area contributed by atoms with E-state index in [0.29, 0.717) is 13.1 Å². The highest BCUT2D eigenvalue weighted by molar-refractivity contribution is 5.76. The van der Waals surface area contributed by atoms with Gasteiger partial charge < -0.3 is 15.1 Å². The molecular weight excluding hydrogens is 208 g/mol. The number of amides is 1. The van der Waals surface area contributed by atoms with Crippen LogP contribution >= 0.6 is 0 Å². The Hall–Kier alpha value is -1.12. The highest BCUT2D eigenvalue weighted by Gasteiger charge is 2.18. The minimum atomic E-state index is -0.878. The van der Waals surface area contributed by atoms with Gasteiger partial charge in [0.05, 0.1) is 31.1 Å². The number of carbonyl (C=O) groups excluding carboxylic acids is 1. The summed E-state index contributed by atoms with van der Waals surface area (Å²) in [5.74, 6) is -0.123. The van der Waals surface area contributed by atoms with Gasteiger partial charge in [0.1, 0.15) is 0 Å². The zero-order valence-electron chi connectivity index (χ0n) is 9.89. The monoisotopic (exact) mass is 228 g/mol. The molecule has 0 aliphatic carbocycles. The first-order chi connectivity index (χ1) is 7.54. The number of hydrogen-bond acceptors (Lipinski definition) is 4. The van der Waals surface area contributed by atoms with Crippen molar-refractivity contribution in [1.29, 1.82) is 5.26 Å². The predicted molar refractivity (Wildman–Crippen MR) is 59.4 cm³/mol. The van der Waals surface area contributed by atoms with Crippen molar-refractivity contribution in [2.75, 3.05) is 13.1 Å². The van der Waals surface area contributed by atoms with Crippen LogP contribution in [-0.4, -0.2) is 46.3 Å². The minimum Gasteiger partial charge on any atom is -0.392 e. The molecule has 0 spiro atoms. The van der Waals surface area contributed by atoms with Crippen molar-refractivity contribution in [1.82, 2.24) is 4.90 Å². The second-order valence-corrected chi connectivity index (χ2v) is 3.68. The Morgan fingerprint density at radius 2 is 1.88 bits per heavy atom. The summed E-state index contributed by atoms with van der Waals surface area (Å²) in [5.41, 5.74) is 0. The van der Waals surface area contributed by atoms with Crippen molar-refractivity contribution in [3.8, 4) is 6.07 Å². The lowest BCUT2D eigenvalue weighted by atomic mass is 10.1. The molecule has 2 atom stereocenters. The second kappa shape index (κ2) is 8.08. The molecule has 0 unspecified atom stereocenters. The van der Waals surface area contributed by atoms with Crippen molar-refractivity contribution in [2.45, 2.75) is 45.3 Å². The summed E-state index contributed by atoms with van der Waals surface area (Å²) in [5, 5.41) is 27.1. The molecule has 0 saturated heterocycles. The molecule has 2 N–H and O–H groups in total. The van der Waals surface area contributed by atoms with Gasteiger partial charge in [-0.3, -0.25) is 4.79 Å². The number of hydrogen-bond donors (Lipinski definition) is 2. The smallest absolute Gasteiger partial charge is 0.225 e. The lowest BCUT2D eigenvalue weighted by molar-refractivity contribution is -0.133. The van der Waals surface area contributed by atoms with Crippen molar-refractivity contribution in [3.05, 3.63) is 0 Å². The zero-order chi connectivity index (χ0) is 12.6. The van der Waals surface area contributed by atoms with Crippen LogP contribution in [0.4, 0.5) is 0 Å². The lowest BCUT2D eigenvalue weighted by Crippen LogP contribution is -2.33. The second-order valence-electron chi connectivity index (χ2n) is 3.68. The third kappa shape index (κ3) is 5.69. The summed E-state index contributed by atoms with van der Waals surface area (Å²) in [4.78, 5) is 13.2. The van der Waals surface area contributed by atoms with Crippen molar-refractivity contribution in [3.63, 3.8) is 0 Å². The third-order valence-corrected chi connectivity index (χ3v) is 2.40. The van der Waals surface area contributed by atoms with E-state index < -0.39 is 12.2 Å². The molecule has 0 aliphatic heterocycles.